The molecule has 28 heavy (non-hydrogen) atoms. The number of rotatable bonds is 5. The monoisotopic (exact) mass is 400 g/mol. The lowest BCUT2D eigenvalue weighted by atomic mass is 10.1. The van der Waals surface area contributed by atoms with Crippen molar-refractivity contribution in [1.82, 2.24) is 20.4 Å². The average molecular weight is 401 g/mol. The Labute approximate surface area is 163 Å². The molecule has 0 aliphatic rings. The summed E-state index contributed by atoms with van der Waals surface area (Å²) in [5, 5.41) is 17.5. The van der Waals surface area contributed by atoms with Gasteiger partial charge in [-0.2, -0.15) is 4.98 Å². The van der Waals surface area contributed by atoms with Crippen LogP contribution in [0.3, 0.4) is 0 Å². The quantitative estimate of drug-likeness (QED) is 0.476. The Hall–Kier alpha value is -3.23. The van der Waals surface area contributed by atoms with E-state index >= 15 is 0 Å². The van der Waals surface area contributed by atoms with Gasteiger partial charge in [0.15, 0.2) is 0 Å². The molecule has 0 saturated carbocycles. The zero-order valence-corrected chi connectivity index (χ0v) is 15.1. The van der Waals surface area contributed by atoms with Gasteiger partial charge in [0, 0.05) is 33.2 Å². The van der Waals surface area contributed by atoms with E-state index in [1.165, 1.54) is 24.3 Å². The van der Waals surface area contributed by atoms with Gasteiger partial charge >= 0.3 is 0 Å². The third-order valence-electron chi connectivity index (χ3n) is 4.22. The number of carbonyl (C=O) groups excluding carboxylic acids is 1. The Morgan fingerprint density at radius 2 is 2.07 bits per heavy atom. The van der Waals surface area contributed by atoms with Crippen molar-refractivity contribution >= 4 is 28.4 Å². The predicted octanol–water partition coefficient (Wildman–Crippen LogP) is 3.47. The summed E-state index contributed by atoms with van der Waals surface area (Å²) >= 11 is 6.06. The lowest BCUT2D eigenvalue weighted by Crippen LogP contribution is -2.31. The highest BCUT2D eigenvalue weighted by Crippen LogP contribution is 2.29. The number of aromatic amines is 1. The minimum atomic E-state index is -0.910. The van der Waals surface area contributed by atoms with Crippen LogP contribution in [0.1, 0.15) is 22.3 Å². The maximum absolute atomic E-state index is 13.0. The summed E-state index contributed by atoms with van der Waals surface area (Å²) in [5.74, 6) is -0.615. The number of nitrogens with zero attached hydrogens (tertiary/aromatic N) is 2. The molecule has 0 unspecified atom stereocenters. The molecule has 4 aromatic rings. The number of aliphatic hydroxyl groups excluding tert-OH is 1. The summed E-state index contributed by atoms with van der Waals surface area (Å²) in [5.41, 5.74) is 1.77. The molecule has 3 N–H and O–H groups in total. The van der Waals surface area contributed by atoms with Crippen molar-refractivity contribution in [1.29, 1.82) is 0 Å². The Morgan fingerprint density at radius 3 is 2.82 bits per heavy atom. The van der Waals surface area contributed by atoms with E-state index in [0.29, 0.717) is 10.6 Å². The van der Waals surface area contributed by atoms with Crippen LogP contribution in [-0.4, -0.2) is 32.7 Å². The van der Waals surface area contributed by atoms with Crippen LogP contribution in [0.4, 0.5) is 4.39 Å². The smallest absolute Gasteiger partial charge is 0.251 e. The van der Waals surface area contributed by atoms with Crippen LogP contribution >= 0.6 is 11.6 Å². The maximum Gasteiger partial charge on any atom is 0.251 e. The molecule has 0 spiro atoms. The zero-order valence-electron chi connectivity index (χ0n) is 14.3. The number of aromatic nitrogens is 3. The highest BCUT2D eigenvalue weighted by molar-refractivity contribution is 6.31. The van der Waals surface area contributed by atoms with Crippen LogP contribution in [0, 0.1) is 5.82 Å². The summed E-state index contributed by atoms with van der Waals surface area (Å²) in [4.78, 5) is 19.7. The highest BCUT2D eigenvalue weighted by atomic mass is 35.5. The van der Waals surface area contributed by atoms with Crippen molar-refractivity contribution in [2.45, 2.75) is 6.04 Å². The van der Waals surface area contributed by atoms with Crippen molar-refractivity contribution in [2.24, 2.45) is 0 Å². The van der Waals surface area contributed by atoms with Crippen LogP contribution in [0.15, 0.2) is 53.2 Å². The maximum atomic E-state index is 13.0. The standard InChI is InChI=1S/C19H14ClFN4O3/c20-11-3-6-15-13(7-11)14(8-22-15)17-24-19(28-25-17)16(9-26)23-18(27)10-1-4-12(21)5-2-10/h1-8,16,22,26H,9H2,(H,23,27)/t16-/m0/s1. The molecule has 9 heteroatoms. The third kappa shape index (κ3) is 3.47. The number of halogens is 2. The molecule has 2 aromatic heterocycles. The van der Waals surface area contributed by atoms with Crippen molar-refractivity contribution < 1.29 is 18.8 Å². The van der Waals surface area contributed by atoms with Gasteiger partial charge < -0.3 is 19.9 Å². The van der Waals surface area contributed by atoms with E-state index in [2.05, 4.69) is 20.4 Å². The highest BCUT2D eigenvalue weighted by Gasteiger charge is 2.22. The lowest BCUT2D eigenvalue weighted by molar-refractivity contribution is 0.0901. The van der Waals surface area contributed by atoms with Crippen molar-refractivity contribution in [3.8, 4) is 11.4 Å². The third-order valence-corrected chi connectivity index (χ3v) is 4.45. The largest absolute Gasteiger partial charge is 0.394 e. The molecule has 0 fully saturated rings. The molecule has 0 aliphatic heterocycles. The zero-order chi connectivity index (χ0) is 19.7. The molecule has 1 amide bonds. The number of nitrogens with one attached hydrogen (secondary N) is 2. The minimum absolute atomic E-state index is 0.0457. The van der Waals surface area contributed by atoms with Gasteiger partial charge in [0.25, 0.3) is 11.8 Å². The van der Waals surface area contributed by atoms with Crippen molar-refractivity contribution in [3.63, 3.8) is 0 Å². The van der Waals surface area contributed by atoms with E-state index in [1.807, 2.05) is 6.07 Å². The fraction of sp³-hybridized carbons (Fsp3) is 0.105. The molecule has 0 radical (unpaired) electrons. The van der Waals surface area contributed by atoms with Gasteiger partial charge in [0.1, 0.15) is 11.9 Å². The van der Waals surface area contributed by atoms with E-state index in [4.69, 9.17) is 16.1 Å². The Morgan fingerprint density at radius 1 is 1.29 bits per heavy atom. The Bertz CT molecular complexity index is 1140. The van der Waals surface area contributed by atoms with Crippen LogP contribution in [-0.2, 0) is 0 Å². The van der Waals surface area contributed by atoms with E-state index < -0.39 is 24.4 Å². The van der Waals surface area contributed by atoms with Crippen LogP contribution in [0.5, 0.6) is 0 Å². The molecule has 2 aromatic carbocycles. The Kier molecular flexibility index (Phi) is 4.81. The molecular weight excluding hydrogens is 387 g/mol. The number of H-pyrrole nitrogens is 1. The number of hydrogen-bond donors (Lipinski definition) is 3. The second-order valence-corrected chi connectivity index (χ2v) is 6.50. The number of amides is 1. The average Bonchev–Trinajstić information content (AvgIpc) is 3.33. The number of aliphatic hydroxyl groups is 1. The van der Waals surface area contributed by atoms with Crippen molar-refractivity contribution in [2.75, 3.05) is 6.61 Å². The molecule has 7 nitrogen and oxygen atoms in total. The summed E-state index contributed by atoms with van der Waals surface area (Å²) in [6.07, 6.45) is 1.72. The second kappa shape index (κ2) is 7.41. The normalized spacial score (nSPS) is 12.2. The summed E-state index contributed by atoms with van der Waals surface area (Å²) in [6.45, 7) is -0.450. The first-order valence-electron chi connectivity index (χ1n) is 8.33. The molecule has 4 rings (SSSR count). The predicted molar refractivity (Wildman–Crippen MR) is 100 cm³/mol. The first kappa shape index (κ1) is 18.1. The molecule has 0 aliphatic carbocycles. The summed E-state index contributed by atoms with van der Waals surface area (Å²) in [7, 11) is 0. The topological polar surface area (TPSA) is 104 Å². The number of benzene rings is 2. The van der Waals surface area contributed by atoms with E-state index in [-0.39, 0.29) is 17.3 Å². The van der Waals surface area contributed by atoms with Gasteiger partial charge in [0.05, 0.1) is 6.61 Å². The Balaban J connectivity index is 1.58. The number of carbonyl (C=O) groups is 1. The molecule has 2 heterocycles. The van der Waals surface area contributed by atoms with Crippen LogP contribution in [0.25, 0.3) is 22.3 Å². The summed E-state index contributed by atoms with van der Waals surface area (Å²) < 4.78 is 18.2. The molecular formula is C19H14ClFN4O3. The SMILES string of the molecule is O=C(N[C@@H](CO)c1nc(-c2c[nH]c3ccc(Cl)cc23)no1)c1ccc(F)cc1. The first-order chi connectivity index (χ1) is 13.5. The second-order valence-electron chi connectivity index (χ2n) is 6.06. The van der Waals surface area contributed by atoms with E-state index in [0.717, 1.165) is 10.9 Å². The number of fused-ring (bicyclic) bond motifs is 1. The number of hydrogen-bond acceptors (Lipinski definition) is 5. The fourth-order valence-corrected chi connectivity index (χ4v) is 2.96. The van der Waals surface area contributed by atoms with Gasteiger partial charge in [0.2, 0.25) is 5.82 Å². The molecule has 142 valence electrons. The summed E-state index contributed by atoms with van der Waals surface area (Å²) in [6, 6.07) is 9.50. The van der Waals surface area contributed by atoms with E-state index in [1.54, 1.807) is 18.3 Å². The minimum Gasteiger partial charge on any atom is -0.394 e. The van der Waals surface area contributed by atoms with Crippen LogP contribution < -0.4 is 5.32 Å². The van der Waals surface area contributed by atoms with Crippen LogP contribution in [0.2, 0.25) is 5.02 Å². The molecule has 0 bridgehead atoms. The fourth-order valence-electron chi connectivity index (χ4n) is 2.79. The molecule has 1 atom stereocenters. The van der Waals surface area contributed by atoms with Gasteiger partial charge in [-0.15, -0.1) is 0 Å². The van der Waals surface area contributed by atoms with Gasteiger partial charge in [-0.25, -0.2) is 4.39 Å². The van der Waals surface area contributed by atoms with E-state index in [9.17, 15) is 14.3 Å². The van der Waals surface area contributed by atoms with Gasteiger partial charge in [-0.3, -0.25) is 4.79 Å². The molecule has 0 saturated heterocycles. The van der Waals surface area contributed by atoms with Crippen molar-refractivity contribution in [3.05, 3.63) is 71.0 Å². The van der Waals surface area contributed by atoms with Gasteiger partial charge in [-0.1, -0.05) is 16.8 Å². The van der Waals surface area contributed by atoms with Gasteiger partial charge in [-0.05, 0) is 42.5 Å². The first-order valence-corrected chi connectivity index (χ1v) is 8.71. The lowest BCUT2D eigenvalue weighted by Gasteiger charge is -2.12.